The van der Waals surface area contributed by atoms with Gasteiger partial charge in [-0.15, -0.1) is 0 Å². The number of rotatable bonds is 5. The van der Waals surface area contributed by atoms with Crippen LogP contribution in [-0.4, -0.2) is 6.85 Å². The van der Waals surface area contributed by atoms with Gasteiger partial charge >= 0.3 is 6.85 Å². The molecule has 0 saturated carbocycles. The molecule has 8 aromatic carbocycles. The van der Waals surface area contributed by atoms with E-state index < -0.39 is 0 Å². The van der Waals surface area contributed by atoms with Gasteiger partial charge < -0.3 is 14.6 Å². The predicted molar refractivity (Wildman–Crippen MR) is 385 cm³/mol. The van der Waals surface area contributed by atoms with Crippen molar-refractivity contribution in [2.45, 2.75) is 240 Å². The molecular formula is C85H100BN3. The maximum absolute atomic E-state index is 2.81. The van der Waals surface area contributed by atoms with Crippen molar-refractivity contribution in [3.63, 3.8) is 0 Å². The highest BCUT2D eigenvalue weighted by molar-refractivity contribution is 6.93. The summed E-state index contributed by atoms with van der Waals surface area (Å²) in [7, 11) is 0. The smallest absolute Gasteiger partial charge is 0.333 e. The lowest BCUT2D eigenvalue weighted by Gasteiger charge is -2.48. The van der Waals surface area contributed by atoms with Gasteiger partial charge in [0.25, 0.3) is 0 Å². The lowest BCUT2D eigenvalue weighted by atomic mass is 9.43. The highest BCUT2D eigenvalue weighted by Crippen LogP contribution is 2.59. The van der Waals surface area contributed by atoms with E-state index in [1.54, 1.807) is 0 Å². The molecule has 0 amide bonds. The molecule has 8 aromatic rings. The maximum atomic E-state index is 2.81. The Labute approximate surface area is 536 Å². The summed E-state index contributed by atoms with van der Waals surface area (Å²) in [5, 5.41) is 0. The zero-order valence-corrected chi connectivity index (χ0v) is 58.4. The molecule has 2 aliphatic heterocycles. The number of anilines is 8. The van der Waals surface area contributed by atoms with E-state index in [1.165, 1.54) is 154 Å². The van der Waals surface area contributed by atoms with E-state index >= 15 is 0 Å². The fourth-order valence-electron chi connectivity index (χ4n) is 17.4. The number of hydrogen-bond donors (Lipinski definition) is 0. The van der Waals surface area contributed by atoms with Crippen molar-refractivity contribution in [2.75, 3.05) is 14.6 Å². The average molecular weight is 1170 g/mol. The van der Waals surface area contributed by atoms with Crippen molar-refractivity contribution in [3.8, 4) is 22.3 Å². The van der Waals surface area contributed by atoms with Gasteiger partial charge in [0.15, 0.2) is 0 Å². The van der Waals surface area contributed by atoms with Crippen LogP contribution < -0.4 is 25.5 Å². The molecule has 0 spiro atoms. The quantitative estimate of drug-likeness (QED) is 0.159. The largest absolute Gasteiger partial charge is 0.376 e. The number of nitrogens with zero attached hydrogens (tertiary/aromatic N) is 3. The topological polar surface area (TPSA) is 9.72 Å². The molecule has 3 nitrogen and oxygen atoms in total. The van der Waals surface area contributed by atoms with Crippen LogP contribution >= 0.6 is 0 Å². The summed E-state index contributed by atoms with van der Waals surface area (Å²) in [4.78, 5) is 8.09. The molecule has 2 heterocycles. The Bertz CT molecular complexity index is 4220. The van der Waals surface area contributed by atoms with Gasteiger partial charge in [0.05, 0.1) is 0 Å². The normalized spacial score (nSPS) is 19.6. The molecule has 4 aliphatic carbocycles. The van der Waals surface area contributed by atoms with Crippen LogP contribution in [-0.2, 0) is 48.7 Å². The molecule has 0 fully saturated rings. The van der Waals surface area contributed by atoms with Gasteiger partial charge in [-0.3, -0.25) is 0 Å². The SMILES string of the molecule is Cc1cc2c3c(c1)N(c1cc4c(cc1C)C(C)(C)CCC4(C)C)c1cc4c(cc1B3N(c1ccc3c(c1)C(C)(C)CCC3(C)C)c1ccc(N(c3ccc(C(C)(C)C)cc3)c3ccc(C(C)(C)C)cc3)cc1-2)C(C)(C)c1cc2c(cc1-4)C(C)(C)CCC2(C)C. The van der Waals surface area contributed by atoms with Gasteiger partial charge in [0.1, 0.15) is 0 Å². The number of hydrogen-bond acceptors (Lipinski definition) is 3. The first kappa shape index (κ1) is 59.8. The molecule has 0 aromatic heterocycles. The van der Waals surface area contributed by atoms with Crippen LogP contribution in [0.3, 0.4) is 0 Å². The fourth-order valence-corrected chi connectivity index (χ4v) is 17.4. The Morgan fingerprint density at radius 3 is 1.36 bits per heavy atom. The van der Waals surface area contributed by atoms with Gasteiger partial charge in [-0.05, 0) is 269 Å². The number of fused-ring (bicyclic) bond motifs is 10. The van der Waals surface area contributed by atoms with Crippen LogP contribution in [0.25, 0.3) is 22.3 Å². The van der Waals surface area contributed by atoms with Crippen molar-refractivity contribution in [2.24, 2.45) is 0 Å². The monoisotopic (exact) mass is 1170 g/mol. The molecule has 0 N–H and O–H groups in total. The summed E-state index contributed by atoms with van der Waals surface area (Å²) in [5.41, 5.74) is 35.3. The lowest BCUT2D eigenvalue weighted by Crippen LogP contribution is -2.62. The van der Waals surface area contributed by atoms with Crippen molar-refractivity contribution in [1.82, 2.24) is 0 Å². The van der Waals surface area contributed by atoms with Gasteiger partial charge in [-0.2, -0.15) is 0 Å². The molecule has 0 atom stereocenters. The van der Waals surface area contributed by atoms with Crippen LogP contribution in [0.4, 0.5) is 45.5 Å². The van der Waals surface area contributed by atoms with Crippen LogP contribution in [0.15, 0.2) is 133 Å². The van der Waals surface area contributed by atoms with Gasteiger partial charge in [-0.25, -0.2) is 0 Å². The summed E-state index contributed by atoms with van der Waals surface area (Å²) in [6.07, 6.45) is 7.06. The summed E-state index contributed by atoms with van der Waals surface area (Å²) in [5.74, 6) is 0. The van der Waals surface area contributed by atoms with Crippen LogP contribution in [0.1, 0.15) is 244 Å². The molecular weight excluding hydrogens is 1070 g/mol. The second kappa shape index (κ2) is 19.1. The van der Waals surface area contributed by atoms with Crippen molar-refractivity contribution >= 4 is 63.3 Å². The number of benzene rings is 8. The third kappa shape index (κ3) is 9.14. The van der Waals surface area contributed by atoms with E-state index in [1.807, 2.05) is 0 Å². The zero-order chi connectivity index (χ0) is 63.6. The van der Waals surface area contributed by atoms with Crippen LogP contribution in [0.5, 0.6) is 0 Å². The van der Waals surface area contributed by atoms with E-state index in [2.05, 4.69) is 300 Å². The molecule has 0 radical (unpaired) electrons. The summed E-state index contributed by atoms with van der Waals surface area (Å²) in [6, 6.07) is 55.0. The Morgan fingerprint density at radius 2 is 0.820 bits per heavy atom. The summed E-state index contributed by atoms with van der Waals surface area (Å²) < 4.78 is 0. The minimum atomic E-state index is -0.238. The van der Waals surface area contributed by atoms with Crippen molar-refractivity contribution < 1.29 is 0 Å². The first-order chi connectivity index (χ1) is 41.4. The number of aryl methyl sites for hydroxylation is 2. The molecule has 89 heavy (non-hydrogen) atoms. The summed E-state index contributed by atoms with van der Waals surface area (Å²) in [6.45, 7) is 53.4. The predicted octanol–water partition coefficient (Wildman–Crippen LogP) is 22.4. The van der Waals surface area contributed by atoms with Crippen molar-refractivity contribution in [1.29, 1.82) is 0 Å². The summed E-state index contributed by atoms with van der Waals surface area (Å²) >= 11 is 0. The zero-order valence-electron chi connectivity index (χ0n) is 58.4. The lowest BCUT2D eigenvalue weighted by molar-refractivity contribution is 0.331. The van der Waals surface area contributed by atoms with Gasteiger partial charge in [-0.1, -0.05) is 193 Å². The fraction of sp³-hybridized carbons (Fsp3) is 0.435. The average Bonchev–Trinajstić information content (AvgIpc) is 1.69. The molecule has 0 bridgehead atoms. The second-order valence-electron chi connectivity index (χ2n) is 35.2. The van der Waals surface area contributed by atoms with E-state index in [0.717, 1.165) is 29.9 Å². The molecule has 14 rings (SSSR count). The molecule has 6 aliphatic rings. The minimum Gasteiger partial charge on any atom is -0.376 e. The van der Waals surface area contributed by atoms with Gasteiger partial charge in [0.2, 0.25) is 0 Å². The minimum absolute atomic E-state index is 0.0155. The standard InChI is InChI=1S/C85H100BN3/c1-51-41-62-61-44-57(87(55-27-23-53(24-28-55)77(3,4)5)56-29-25-54(26-30-56)78(6,7)8)32-34-72(61)89(58-31-33-63-67(45-58)81(13,14)36-35-79(63,9)10)86-71-49-65-60(59-46-68-69(48-64(59)85(65,21)22)83(17,18)39-38-82(68,15)16)47-74(71)88(75(42-51)76(62)86)73-50-70-66(43-52(73)2)80(11,12)37-40-84(70,19)20/h23-34,41-50H,35-40H2,1-22H3. The first-order valence-corrected chi connectivity index (χ1v) is 34.0. The second-order valence-corrected chi connectivity index (χ2v) is 35.2. The molecule has 4 heteroatoms. The Hall–Kier alpha value is -6.78. The highest BCUT2D eigenvalue weighted by atomic mass is 15.2. The van der Waals surface area contributed by atoms with Crippen LogP contribution in [0, 0.1) is 13.8 Å². The Morgan fingerprint density at radius 1 is 0.360 bits per heavy atom. The van der Waals surface area contributed by atoms with E-state index in [0.29, 0.717) is 0 Å². The first-order valence-electron chi connectivity index (χ1n) is 34.0. The maximum Gasteiger partial charge on any atom is 0.333 e. The van der Waals surface area contributed by atoms with E-state index in [9.17, 15) is 0 Å². The Balaban J connectivity index is 1.08. The van der Waals surface area contributed by atoms with E-state index in [4.69, 9.17) is 0 Å². The third-order valence-corrected chi connectivity index (χ3v) is 23.7. The van der Waals surface area contributed by atoms with E-state index in [-0.39, 0.29) is 55.6 Å². The molecule has 0 saturated heterocycles. The van der Waals surface area contributed by atoms with Gasteiger partial charge in [0, 0.05) is 56.5 Å². The molecule has 0 unspecified atom stereocenters. The van der Waals surface area contributed by atoms with Crippen molar-refractivity contribution in [3.05, 3.63) is 200 Å². The highest BCUT2D eigenvalue weighted by Gasteiger charge is 2.50. The Kier molecular flexibility index (Phi) is 12.9. The third-order valence-electron chi connectivity index (χ3n) is 23.7. The van der Waals surface area contributed by atoms with Crippen LogP contribution in [0.2, 0.25) is 0 Å². The molecule has 458 valence electrons.